The molecule has 27 heavy (non-hydrogen) atoms. The summed E-state index contributed by atoms with van der Waals surface area (Å²) < 4.78 is 46.1. The van der Waals surface area contributed by atoms with Gasteiger partial charge in [0.15, 0.2) is 5.78 Å². The topological polar surface area (TPSA) is 55.7 Å². The van der Waals surface area contributed by atoms with Crippen molar-refractivity contribution in [2.45, 2.75) is 45.2 Å². The first kappa shape index (κ1) is 19.3. The van der Waals surface area contributed by atoms with E-state index in [-0.39, 0.29) is 29.9 Å². The number of Topliss-reactive ketones (excluding diaryl/α,β-unsaturated/α-hetero) is 1. The largest absolute Gasteiger partial charge is 0.465 e. The standard InChI is InChI=1S/C20H20F3NO3/c1-3-27-19(26)16-11(2)24-14-9-6-10-15(25)18(14)17(16)12-7-4-5-8-13(12)20(21,22)23/h4-5,7-8,16-17H,3,6,9-10H2,1-2H3/t16?,17-/m0/s1. The highest BCUT2D eigenvalue weighted by atomic mass is 19.4. The molecular formula is C20H20F3NO3. The van der Waals surface area contributed by atoms with E-state index in [1.54, 1.807) is 13.8 Å². The summed E-state index contributed by atoms with van der Waals surface area (Å²) in [5.41, 5.74) is 0.168. The molecule has 0 amide bonds. The van der Waals surface area contributed by atoms with Crippen molar-refractivity contribution < 1.29 is 27.5 Å². The van der Waals surface area contributed by atoms with Gasteiger partial charge >= 0.3 is 12.1 Å². The molecule has 1 heterocycles. The third kappa shape index (κ3) is 3.55. The van der Waals surface area contributed by atoms with E-state index < -0.39 is 29.5 Å². The van der Waals surface area contributed by atoms with E-state index in [4.69, 9.17) is 4.74 Å². The van der Waals surface area contributed by atoms with Crippen LogP contribution in [0.25, 0.3) is 0 Å². The fourth-order valence-corrected chi connectivity index (χ4v) is 3.91. The molecule has 1 aromatic rings. The molecule has 1 aliphatic carbocycles. The van der Waals surface area contributed by atoms with Crippen molar-refractivity contribution in [2.24, 2.45) is 10.9 Å². The quantitative estimate of drug-likeness (QED) is 0.729. The predicted octanol–water partition coefficient (Wildman–Crippen LogP) is 4.45. The highest BCUT2D eigenvalue weighted by Crippen LogP contribution is 2.47. The van der Waals surface area contributed by atoms with Crippen LogP contribution in [-0.4, -0.2) is 24.1 Å². The summed E-state index contributed by atoms with van der Waals surface area (Å²) in [5.74, 6) is -2.99. The Balaban J connectivity index is 2.24. The van der Waals surface area contributed by atoms with Crippen LogP contribution < -0.4 is 0 Å². The summed E-state index contributed by atoms with van der Waals surface area (Å²) in [5, 5.41) is 0. The van der Waals surface area contributed by atoms with Crippen LogP contribution >= 0.6 is 0 Å². The van der Waals surface area contributed by atoms with Crippen LogP contribution in [0.1, 0.15) is 50.2 Å². The number of hydrogen-bond donors (Lipinski definition) is 0. The molecule has 0 spiro atoms. The number of ketones is 1. The van der Waals surface area contributed by atoms with E-state index in [1.807, 2.05) is 0 Å². The Bertz CT molecular complexity index is 839. The van der Waals surface area contributed by atoms with Gasteiger partial charge in [-0.05, 0) is 38.3 Å². The minimum absolute atomic E-state index is 0.0833. The fourth-order valence-electron chi connectivity index (χ4n) is 3.91. The van der Waals surface area contributed by atoms with Gasteiger partial charge in [0, 0.05) is 29.3 Å². The van der Waals surface area contributed by atoms with Gasteiger partial charge in [-0.1, -0.05) is 18.2 Å². The smallest absolute Gasteiger partial charge is 0.416 e. The van der Waals surface area contributed by atoms with E-state index in [2.05, 4.69) is 4.99 Å². The number of allylic oxidation sites excluding steroid dienone is 2. The molecular weight excluding hydrogens is 359 g/mol. The lowest BCUT2D eigenvalue weighted by Crippen LogP contribution is -2.38. The van der Waals surface area contributed by atoms with Crippen LogP contribution in [0.15, 0.2) is 40.5 Å². The summed E-state index contributed by atoms with van der Waals surface area (Å²) in [6, 6.07) is 5.10. The van der Waals surface area contributed by atoms with Crippen LogP contribution in [-0.2, 0) is 20.5 Å². The van der Waals surface area contributed by atoms with Gasteiger partial charge in [0.25, 0.3) is 0 Å². The lowest BCUT2D eigenvalue weighted by molar-refractivity contribution is -0.147. The molecule has 2 aliphatic rings. The molecule has 0 N–H and O–H groups in total. The second-order valence-corrected chi connectivity index (χ2v) is 6.68. The molecule has 0 saturated heterocycles. The Kier molecular flexibility index (Phi) is 5.22. The Morgan fingerprint density at radius 1 is 1.26 bits per heavy atom. The number of rotatable bonds is 3. The van der Waals surface area contributed by atoms with Gasteiger partial charge in [-0.15, -0.1) is 0 Å². The van der Waals surface area contributed by atoms with Crippen LogP contribution in [0.3, 0.4) is 0 Å². The molecule has 0 bridgehead atoms. The van der Waals surface area contributed by atoms with Crippen molar-refractivity contribution in [3.63, 3.8) is 0 Å². The van der Waals surface area contributed by atoms with E-state index in [0.717, 1.165) is 6.07 Å². The van der Waals surface area contributed by atoms with Gasteiger partial charge in [0.1, 0.15) is 5.92 Å². The number of aliphatic imine (C=N–C) groups is 1. The molecule has 7 heteroatoms. The molecule has 0 fully saturated rings. The number of alkyl halides is 3. The van der Waals surface area contributed by atoms with E-state index in [1.165, 1.54) is 18.2 Å². The molecule has 144 valence electrons. The van der Waals surface area contributed by atoms with Crippen molar-refractivity contribution >= 4 is 17.5 Å². The SMILES string of the molecule is CCOC(=O)C1C(C)=NC2=C(C(=O)CCC2)[C@H]1c1ccccc1C(F)(F)F. The molecule has 1 aliphatic heterocycles. The van der Waals surface area contributed by atoms with Gasteiger partial charge in [-0.2, -0.15) is 13.2 Å². The maximum Gasteiger partial charge on any atom is 0.416 e. The second kappa shape index (κ2) is 7.29. The maximum atomic E-state index is 13.7. The number of halogens is 3. The normalized spacial score (nSPS) is 23.0. The minimum atomic E-state index is -4.60. The first-order valence-electron chi connectivity index (χ1n) is 8.89. The number of hydrogen-bond acceptors (Lipinski definition) is 4. The lowest BCUT2D eigenvalue weighted by atomic mass is 9.70. The van der Waals surface area contributed by atoms with Crippen molar-refractivity contribution in [3.05, 3.63) is 46.7 Å². The Hall–Kier alpha value is -2.44. The average Bonchev–Trinajstić information content (AvgIpc) is 2.60. The summed E-state index contributed by atoms with van der Waals surface area (Å²) >= 11 is 0. The van der Waals surface area contributed by atoms with Crippen LogP contribution in [0.2, 0.25) is 0 Å². The molecule has 1 unspecified atom stereocenters. The highest BCUT2D eigenvalue weighted by Gasteiger charge is 2.46. The number of carbonyl (C=O) groups is 2. The molecule has 1 aromatic carbocycles. The van der Waals surface area contributed by atoms with Gasteiger partial charge < -0.3 is 4.74 Å². The van der Waals surface area contributed by atoms with E-state index in [9.17, 15) is 22.8 Å². The molecule has 2 atom stereocenters. The first-order chi connectivity index (χ1) is 12.8. The Morgan fingerprint density at radius 2 is 1.96 bits per heavy atom. The summed E-state index contributed by atoms with van der Waals surface area (Å²) in [7, 11) is 0. The maximum absolute atomic E-state index is 13.7. The monoisotopic (exact) mass is 379 g/mol. The van der Waals surface area contributed by atoms with E-state index in [0.29, 0.717) is 24.3 Å². The predicted molar refractivity (Wildman–Crippen MR) is 93.3 cm³/mol. The third-order valence-corrected chi connectivity index (χ3v) is 4.98. The summed E-state index contributed by atoms with van der Waals surface area (Å²) in [6.07, 6.45) is -3.24. The molecule has 3 rings (SSSR count). The Labute approximate surface area is 155 Å². The summed E-state index contributed by atoms with van der Waals surface area (Å²) in [4.78, 5) is 29.7. The van der Waals surface area contributed by atoms with Gasteiger partial charge in [-0.3, -0.25) is 14.6 Å². The van der Waals surface area contributed by atoms with Crippen molar-refractivity contribution in [1.29, 1.82) is 0 Å². The second-order valence-electron chi connectivity index (χ2n) is 6.68. The zero-order valence-corrected chi connectivity index (χ0v) is 15.1. The molecule has 4 nitrogen and oxygen atoms in total. The number of carbonyl (C=O) groups excluding carboxylic acids is 2. The van der Waals surface area contributed by atoms with Crippen LogP contribution in [0.5, 0.6) is 0 Å². The average molecular weight is 379 g/mol. The van der Waals surface area contributed by atoms with Gasteiger partial charge in [0.2, 0.25) is 0 Å². The van der Waals surface area contributed by atoms with Crippen LogP contribution in [0.4, 0.5) is 13.2 Å². The number of ether oxygens (including phenoxy) is 1. The van der Waals surface area contributed by atoms with E-state index >= 15 is 0 Å². The van der Waals surface area contributed by atoms with Crippen molar-refractivity contribution in [2.75, 3.05) is 6.61 Å². The third-order valence-electron chi connectivity index (χ3n) is 4.98. The van der Waals surface area contributed by atoms with Gasteiger partial charge in [0.05, 0.1) is 12.2 Å². The van der Waals surface area contributed by atoms with Crippen molar-refractivity contribution in [1.82, 2.24) is 0 Å². The first-order valence-corrected chi connectivity index (χ1v) is 8.89. The zero-order valence-electron chi connectivity index (χ0n) is 15.1. The zero-order chi connectivity index (χ0) is 19.8. The Morgan fingerprint density at radius 3 is 2.63 bits per heavy atom. The number of nitrogens with zero attached hydrogens (tertiary/aromatic N) is 1. The number of esters is 1. The number of benzene rings is 1. The van der Waals surface area contributed by atoms with Crippen molar-refractivity contribution in [3.8, 4) is 0 Å². The van der Waals surface area contributed by atoms with Gasteiger partial charge in [-0.25, -0.2) is 0 Å². The highest BCUT2D eigenvalue weighted by molar-refractivity contribution is 6.08. The molecule has 0 aromatic heterocycles. The van der Waals surface area contributed by atoms with Crippen LogP contribution in [0, 0.1) is 5.92 Å². The molecule has 0 radical (unpaired) electrons. The fraction of sp³-hybridized carbons (Fsp3) is 0.450. The molecule has 0 saturated carbocycles. The minimum Gasteiger partial charge on any atom is -0.465 e. The summed E-state index contributed by atoms with van der Waals surface area (Å²) in [6.45, 7) is 3.33. The lowest BCUT2D eigenvalue weighted by Gasteiger charge is -2.35.